The molecule has 112 valence electrons. The molecule has 0 fully saturated rings. The van der Waals surface area contributed by atoms with Gasteiger partial charge in [-0.3, -0.25) is 0 Å². The molecular weight excluding hydrogens is 342 g/mol. The molecule has 0 saturated heterocycles. The third-order valence-electron chi connectivity index (χ3n) is 3.07. The molecule has 21 heavy (non-hydrogen) atoms. The number of rotatable bonds is 5. The fourth-order valence-electron chi connectivity index (χ4n) is 1.97. The van der Waals surface area contributed by atoms with Crippen LogP contribution in [0.5, 0.6) is 5.75 Å². The van der Waals surface area contributed by atoms with Crippen molar-refractivity contribution in [2.45, 2.75) is 6.04 Å². The summed E-state index contributed by atoms with van der Waals surface area (Å²) in [6.45, 7) is 0.115. The maximum atomic E-state index is 13.9. The van der Waals surface area contributed by atoms with E-state index in [0.717, 1.165) is 4.47 Å². The van der Waals surface area contributed by atoms with Crippen molar-refractivity contribution in [1.82, 2.24) is 0 Å². The van der Waals surface area contributed by atoms with E-state index in [0.29, 0.717) is 11.3 Å². The van der Waals surface area contributed by atoms with E-state index >= 15 is 0 Å². The smallest absolute Gasteiger partial charge is 0.146 e. The van der Waals surface area contributed by atoms with E-state index in [4.69, 9.17) is 10.5 Å². The number of methoxy groups -OCH3 is 1. The summed E-state index contributed by atoms with van der Waals surface area (Å²) in [7, 11) is 1.49. The molecule has 3 N–H and O–H groups in total. The Kier molecular flexibility index (Phi) is 5.14. The third-order valence-corrected chi connectivity index (χ3v) is 3.57. The summed E-state index contributed by atoms with van der Waals surface area (Å²) in [4.78, 5) is 0. The average molecular weight is 357 g/mol. The fraction of sp³-hybridized carbons (Fsp3) is 0.200. The van der Waals surface area contributed by atoms with Gasteiger partial charge in [0.25, 0.3) is 0 Å². The van der Waals surface area contributed by atoms with Gasteiger partial charge in [-0.15, -0.1) is 0 Å². The van der Waals surface area contributed by atoms with Gasteiger partial charge in [0.05, 0.1) is 18.8 Å². The average Bonchev–Trinajstić information content (AvgIpc) is 2.49. The largest absolute Gasteiger partial charge is 0.497 e. The molecule has 0 aliphatic carbocycles. The molecule has 0 saturated carbocycles. The predicted molar refractivity (Wildman–Crippen MR) is 82.5 cm³/mol. The van der Waals surface area contributed by atoms with Crippen molar-refractivity contribution >= 4 is 21.6 Å². The van der Waals surface area contributed by atoms with Gasteiger partial charge >= 0.3 is 0 Å². The van der Waals surface area contributed by atoms with Crippen LogP contribution in [0.15, 0.2) is 40.9 Å². The number of nitrogens with two attached hydrogens (primary N) is 1. The first-order valence-electron chi connectivity index (χ1n) is 6.30. The summed E-state index contributed by atoms with van der Waals surface area (Å²) in [6, 6.07) is 8.31. The maximum absolute atomic E-state index is 13.9. The third kappa shape index (κ3) is 3.71. The molecule has 2 aromatic rings. The normalized spacial score (nSPS) is 12.0. The molecule has 2 rings (SSSR count). The summed E-state index contributed by atoms with van der Waals surface area (Å²) >= 11 is 3.29. The van der Waals surface area contributed by atoms with Crippen molar-refractivity contribution in [3.05, 3.63) is 58.1 Å². The molecule has 6 heteroatoms. The highest BCUT2D eigenvalue weighted by atomic mass is 79.9. The van der Waals surface area contributed by atoms with E-state index in [9.17, 15) is 8.78 Å². The lowest BCUT2D eigenvalue weighted by atomic mass is 10.1. The van der Waals surface area contributed by atoms with E-state index in [2.05, 4.69) is 21.2 Å². The van der Waals surface area contributed by atoms with Crippen LogP contribution >= 0.6 is 15.9 Å². The fourth-order valence-corrected chi connectivity index (χ4v) is 2.35. The van der Waals surface area contributed by atoms with Gasteiger partial charge in [0.1, 0.15) is 17.4 Å². The van der Waals surface area contributed by atoms with Gasteiger partial charge in [-0.25, -0.2) is 8.78 Å². The van der Waals surface area contributed by atoms with Crippen LogP contribution in [-0.4, -0.2) is 13.7 Å². The lowest BCUT2D eigenvalue weighted by molar-refractivity contribution is 0.414. The molecule has 0 bridgehead atoms. The van der Waals surface area contributed by atoms with Crippen molar-refractivity contribution < 1.29 is 13.5 Å². The van der Waals surface area contributed by atoms with Crippen LogP contribution in [0, 0.1) is 11.6 Å². The minimum Gasteiger partial charge on any atom is -0.497 e. The Morgan fingerprint density at radius 2 is 1.90 bits per heavy atom. The molecule has 2 aromatic carbocycles. The standard InChI is InChI=1S/C15H15BrF2N2O/c1-21-10-3-5-13(18)14(7-10)20-15(8-19)11-6-9(16)2-4-12(11)17/h2-7,15,20H,8,19H2,1H3. The number of benzene rings is 2. The first-order chi connectivity index (χ1) is 10.0. The van der Waals surface area contributed by atoms with Crippen LogP contribution in [0.25, 0.3) is 0 Å². The molecule has 0 aliphatic rings. The van der Waals surface area contributed by atoms with Crippen molar-refractivity contribution in [3.63, 3.8) is 0 Å². The molecule has 1 unspecified atom stereocenters. The van der Waals surface area contributed by atoms with Crippen molar-refractivity contribution in [1.29, 1.82) is 0 Å². The Hall–Kier alpha value is -1.66. The summed E-state index contributed by atoms with van der Waals surface area (Å²) in [5, 5.41) is 2.92. The highest BCUT2D eigenvalue weighted by molar-refractivity contribution is 9.10. The highest BCUT2D eigenvalue weighted by Gasteiger charge is 2.16. The van der Waals surface area contributed by atoms with Crippen LogP contribution < -0.4 is 15.8 Å². The van der Waals surface area contributed by atoms with Crippen LogP contribution in [0.4, 0.5) is 14.5 Å². The first kappa shape index (κ1) is 15.7. The summed E-state index contributed by atoms with van der Waals surface area (Å²) < 4.78 is 33.5. The molecule has 0 radical (unpaired) electrons. The van der Waals surface area contributed by atoms with Gasteiger partial charge in [-0.2, -0.15) is 0 Å². The number of hydrogen-bond donors (Lipinski definition) is 2. The number of anilines is 1. The Labute approximate surface area is 130 Å². The minimum atomic E-state index is -0.552. The number of nitrogens with one attached hydrogen (secondary N) is 1. The Balaban J connectivity index is 2.33. The predicted octanol–water partition coefficient (Wildman–Crippen LogP) is 3.85. The molecule has 0 heterocycles. The van der Waals surface area contributed by atoms with E-state index in [-0.39, 0.29) is 12.2 Å². The van der Waals surface area contributed by atoms with Crippen LogP contribution in [0.3, 0.4) is 0 Å². The van der Waals surface area contributed by atoms with Gasteiger partial charge in [-0.05, 0) is 30.3 Å². The molecule has 3 nitrogen and oxygen atoms in total. The molecule has 0 spiro atoms. The minimum absolute atomic E-state index is 0.115. The second-order valence-corrected chi connectivity index (χ2v) is 5.36. The highest BCUT2D eigenvalue weighted by Crippen LogP contribution is 2.28. The monoisotopic (exact) mass is 356 g/mol. The van der Waals surface area contributed by atoms with E-state index in [1.54, 1.807) is 12.1 Å². The zero-order chi connectivity index (χ0) is 15.4. The lowest BCUT2D eigenvalue weighted by Crippen LogP contribution is -2.22. The lowest BCUT2D eigenvalue weighted by Gasteiger charge is -2.20. The summed E-state index contributed by atoms with van der Waals surface area (Å²) in [5.41, 5.74) is 6.28. The van der Waals surface area contributed by atoms with Crippen molar-refractivity contribution in [2.75, 3.05) is 19.0 Å². The van der Waals surface area contributed by atoms with Gasteiger partial charge in [0, 0.05) is 22.6 Å². The molecular formula is C15H15BrF2N2O. The quantitative estimate of drug-likeness (QED) is 0.855. The SMILES string of the molecule is COc1ccc(F)c(NC(CN)c2cc(Br)ccc2F)c1. The summed E-state index contributed by atoms with van der Waals surface area (Å²) in [5.74, 6) is -0.349. The second-order valence-electron chi connectivity index (χ2n) is 4.44. The maximum Gasteiger partial charge on any atom is 0.146 e. The van der Waals surface area contributed by atoms with Crippen LogP contribution in [-0.2, 0) is 0 Å². The van der Waals surface area contributed by atoms with Crippen molar-refractivity contribution in [3.8, 4) is 5.75 Å². The second kappa shape index (κ2) is 6.87. The van der Waals surface area contributed by atoms with Gasteiger partial charge < -0.3 is 15.8 Å². The number of ether oxygens (including phenoxy) is 1. The molecule has 0 amide bonds. The van der Waals surface area contributed by atoms with E-state index in [1.165, 1.54) is 31.4 Å². The van der Waals surface area contributed by atoms with E-state index < -0.39 is 17.7 Å². The summed E-state index contributed by atoms with van der Waals surface area (Å²) in [6.07, 6.45) is 0. The molecule has 1 atom stereocenters. The Morgan fingerprint density at radius 3 is 2.57 bits per heavy atom. The Morgan fingerprint density at radius 1 is 1.19 bits per heavy atom. The van der Waals surface area contributed by atoms with Gasteiger partial charge in [0.2, 0.25) is 0 Å². The zero-order valence-electron chi connectivity index (χ0n) is 11.4. The number of halogens is 3. The number of hydrogen-bond acceptors (Lipinski definition) is 3. The van der Waals surface area contributed by atoms with Crippen molar-refractivity contribution in [2.24, 2.45) is 5.73 Å². The Bertz CT molecular complexity index is 637. The van der Waals surface area contributed by atoms with Crippen LogP contribution in [0.1, 0.15) is 11.6 Å². The van der Waals surface area contributed by atoms with Gasteiger partial charge in [0.15, 0.2) is 0 Å². The zero-order valence-corrected chi connectivity index (χ0v) is 13.0. The molecule has 0 aromatic heterocycles. The first-order valence-corrected chi connectivity index (χ1v) is 7.09. The topological polar surface area (TPSA) is 47.3 Å². The van der Waals surface area contributed by atoms with E-state index in [1.807, 2.05) is 0 Å². The molecule has 0 aliphatic heterocycles. The van der Waals surface area contributed by atoms with Gasteiger partial charge in [-0.1, -0.05) is 15.9 Å². The van der Waals surface area contributed by atoms with Crippen LogP contribution in [0.2, 0.25) is 0 Å².